The van der Waals surface area contributed by atoms with E-state index in [0.29, 0.717) is 24.9 Å². The topological polar surface area (TPSA) is 59.2 Å². The summed E-state index contributed by atoms with van der Waals surface area (Å²) < 4.78 is 58.0. The van der Waals surface area contributed by atoms with Crippen LogP contribution in [0.5, 0.6) is 0 Å². The van der Waals surface area contributed by atoms with Gasteiger partial charge in [0.2, 0.25) is 17.6 Å². The number of benzene rings is 2. The zero-order valence-electron chi connectivity index (χ0n) is 15.7. The van der Waals surface area contributed by atoms with Crippen molar-refractivity contribution in [3.8, 4) is 11.4 Å². The highest BCUT2D eigenvalue weighted by atomic mass is 19.4. The molecule has 156 valence electrons. The van der Waals surface area contributed by atoms with Crippen LogP contribution in [0.3, 0.4) is 0 Å². The lowest BCUT2D eigenvalue weighted by Gasteiger charge is -2.22. The summed E-state index contributed by atoms with van der Waals surface area (Å²) in [7, 11) is 0. The molecule has 1 saturated heterocycles. The Morgan fingerprint density at radius 3 is 2.73 bits per heavy atom. The summed E-state index contributed by atoms with van der Waals surface area (Å²) in [5, 5.41) is 3.79. The van der Waals surface area contributed by atoms with Crippen molar-refractivity contribution in [2.24, 2.45) is 0 Å². The molecule has 1 atom stereocenters. The van der Waals surface area contributed by atoms with Crippen molar-refractivity contribution >= 4 is 5.91 Å². The van der Waals surface area contributed by atoms with Crippen molar-refractivity contribution in [3.63, 3.8) is 0 Å². The van der Waals surface area contributed by atoms with Crippen LogP contribution < -0.4 is 0 Å². The van der Waals surface area contributed by atoms with Crippen LogP contribution in [0.1, 0.15) is 35.9 Å². The highest BCUT2D eigenvalue weighted by Gasteiger charge is 2.35. The monoisotopic (exact) mass is 419 g/mol. The summed E-state index contributed by atoms with van der Waals surface area (Å²) in [5.74, 6) is -0.557. The molecule has 0 radical (unpaired) electrons. The lowest BCUT2D eigenvalue weighted by atomic mass is 10.1. The number of rotatable bonds is 4. The number of hydrogen-bond acceptors (Lipinski definition) is 4. The van der Waals surface area contributed by atoms with Crippen LogP contribution in [0.4, 0.5) is 17.6 Å². The van der Waals surface area contributed by atoms with Gasteiger partial charge in [-0.1, -0.05) is 35.5 Å². The molecule has 5 nitrogen and oxygen atoms in total. The van der Waals surface area contributed by atoms with Crippen molar-refractivity contribution in [3.05, 3.63) is 71.4 Å². The van der Waals surface area contributed by atoms with Gasteiger partial charge in [0, 0.05) is 12.1 Å². The summed E-state index contributed by atoms with van der Waals surface area (Å²) in [6.07, 6.45) is -3.30. The van der Waals surface area contributed by atoms with Crippen LogP contribution in [0.15, 0.2) is 53.1 Å². The van der Waals surface area contributed by atoms with E-state index >= 15 is 0 Å². The fourth-order valence-electron chi connectivity index (χ4n) is 3.55. The van der Waals surface area contributed by atoms with Crippen LogP contribution in [0.25, 0.3) is 11.4 Å². The second-order valence-electron chi connectivity index (χ2n) is 7.05. The van der Waals surface area contributed by atoms with E-state index in [2.05, 4.69) is 10.1 Å². The first-order valence-electron chi connectivity index (χ1n) is 9.37. The molecule has 1 aliphatic heterocycles. The van der Waals surface area contributed by atoms with Gasteiger partial charge in [-0.3, -0.25) is 4.79 Å². The molecular formula is C21H17F4N3O2. The molecule has 4 rings (SSSR count). The Morgan fingerprint density at radius 2 is 1.97 bits per heavy atom. The van der Waals surface area contributed by atoms with Crippen molar-refractivity contribution < 1.29 is 26.9 Å². The molecule has 3 aromatic rings. The van der Waals surface area contributed by atoms with Gasteiger partial charge in [-0.25, -0.2) is 4.39 Å². The Bertz CT molecular complexity index is 1060. The SMILES string of the molecule is O=C(Cc1ccccc1F)N1CCC[C@@H]1c1nc(-c2cccc(C(F)(F)F)c2)no1. The van der Waals surface area contributed by atoms with Crippen molar-refractivity contribution in [2.45, 2.75) is 31.5 Å². The molecular weight excluding hydrogens is 402 g/mol. The van der Waals surface area contributed by atoms with E-state index in [4.69, 9.17) is 4.52 Å². The van der Waals surface area contributed by atoms with E-state index in [0.717, 1.165) is 12.1 Å². The molecule has 9 heteroatoms. The number of alkyl halides is 3. The van der Waals surface area contributed by atoms with Crippen molar-refractivity contribution in [2.75, 3.05) is 6.54 Å². The maximum absolute atomic E-state index is 13.9. The number of likely N-dealkylation sites (tertiary alicyclic amines) is 1. The number of nitrogens with zero attached hydrogens (tertiary/aromatic N) is 3. The molecule has 30 heavy (non-hydrogen) atoms. The Balaban J connectivity index is 1.54. The Hall–Kier alpha value is -3.23. The van der Waals surface area contributed by atoms with E-state index in [1.54, 1.807) is 23.1 Å². The molecule has 2 aromatic carbocycles. The standard InChI is InChI=1S/C21H17F4N3O2/c22-16-8-2-1-5-13(16)12-18(29)28-10-4-9-17(28)20-26-19(27-30-20)14-6-3-7-15(11-14)21(23,24)25/h1-3,5-8,11,17H,4,9-10,12H2/t17-/m1/s1. The van der Waals surface area contributed by atoms with E-state index in [1.807, 2.05) is 0 Å². The van der Waals surface area contributed by atoms with Crippen LogP contribution in [-0.4, -0.2) is 27.5 Å². The second-order valence-corrected chi connectivity index (χ2v) is 7.05. The summed E-state index contributed by atoms with van der Waals surface area (Å²) in [4.78, 5) is 18.5. The van der Waals surface area contributed by atoms with Gasteiger partial charge >= 0.3 is 6.18 Å². The number of hydrogen-bond donors (Lipinski definition) is 0. The zero-order chi connectivity index (χ0) is 21.3. The summed E-state index contributed by atoms with van der Waals surface area (Å²) in [5.41, 5.74) is -0.348. The lowest BCUT2D eigenvalue weighted by Crippen LogP contribution is -2.32. The number of amides is 1. The number of aromatic nitrogens is 2. The zero-order valence-corrected chi connectivity index (χ0v) is 15.7. The summed E-state index contributed by atoms with van der Waals surface area (Å²) in [6, 6.07) is 10.2. The van der Waals surface area contributed by atoms with Crippen LogP contribution in [-0.2, 0) is 17.4 Å². The van der Waals surface area contributed by atoms with Gasteiger partial charge in [-0.15, -0.1) is 0 Å². The van der Waals surface area contributed by atoms with Gasteiger partial charge in [0.05, 0.1) is 12.0 Å². The maximum atomic E-state index is 13.9. The molecule has 0 bridgehead atoms. The average molecular weight is 419 g/mol. The van der Waals surface area contributed by atoms with Crippen molar-refractivity contribution in [1.29, 1.82) is 0 Å². The quantitative estimate of drug-likeness (QED) is 0.570. The predicted octanol–water partition coefficient (Wildman–Crippen LogP) is 4.80. The van der Waals surface area contributed by atoms with E-state index in [1.165, 1.54) is 18.2 Å². The first kappa shape index (κ1) is 20.1. The molecule has 0 aliphatic carbocycles. The Kier molecular flexibility index (Phi) is 5.27. The number of carbonyl (C=O) groups is 1. The molecule has 1 aliphatic rings. The third kappa shape index (κ3) is 4.05. The third-order valence-corrected chi connectivity index (χ3v) is 5.05. The van der Waals surface area contributed by atoms with E-state index in [-0.39, 0.29) is 29.6 Å². The first-order valence-corrected chi connectivity index (χ1v) is 9.37. The fourth-order valence-corrected chi connectivity index (χ4v) is 3.55. The minimum atomic E-state index is -4.48. The normalized spacial score (nSPS) is 16.8. The molecule has 1 amide bonds. The minimum Gasteiger partial charge on any atom is -0.337 e. The highest BCUT2D eigenvalue weighted by Crippen LogP contribution is 2.34. The van der Waals surface area contributed by atoms with Crippen molar-refractivity contribution in [1.82, 2.24) is 15.0 Å². The van der Waals surface area contributed by atoms with Gasteiger partial charge in [-0.2, -0.15) is 18.2 Å². The van der Waals surface area contributed by atoms with Crippen LogP contribution in [0.2, 0.25) is 0 Å². The minimum absolute atomic E-state index is 0.0181. The molecule has 1 fully saturated rings. The molecule has 0 unspecified atom stereocenters. The highest BCUT2D eigenvalue weighted by molar-refractivity contribution is 5.79. The average Bonchev–Trinajstić information content (AvgIpc) is 3.38. The number of halogens is 4. The number of carbonyl (C=O) groups excluding carboxylic acids is 1. The van der Waals surface area contributed by atoms with Gasteiger partial charge in [0.1, 0.15) is 11.9 Å². The Labute approximate surface area is 169 Å². The fraction of sp³-hybridized carbons (Fsp3) is 0.286. The summed E-state index contributed by atoms with van der Waals surface area (Å²) in [6.45, 7) is 0.458. The lowest BCUT2D eigenvalue weighted by molar-refractivity contribution is -0.137. The van der Waals surface area contributed by atoms with Crippen LogP contribution in [0, 0.1) is 5.82 Å². The molecule has 2 heterocycles. The molecule has 1 aromatic heterocycles. The van der Waals surface area contributed by atoms with E-state index < -0.39 is 23.6 Å². The van der Waals surface area contributed by atoms with Gasteiger partial charge in [0.25, 0.3) is 0 Å². The third-order valence-electron chi connectivity index (χ3n) is 5.05. The predicted molar refractivity (Wildman–Crippen MR) is 98.5 cm³/mol. The van der Waals surface area contributed by atoms with Gasteiger partial charge < -0.3 is 9.42 Å². The molecule has 0 N–H and O–H groups in total. The summed E-state index contributed by atoms with van der Waals surface area (Å²) >= 11 is 0. The van der Waals surface area contributed by atoms with Gasteiger partial charge in [0.15, 0.2) is 0 Å². The largest absolute Gasteiger partial charge is 0.416 e. The smallest absolute Gasteiger partial charge is 0.337 e. The second kappa shape index (κ2) is 7.89. The molecule has 0 spiro atoms. The maximum Gasteiger partial charge on any atom is 0.416 e. The Morgan fingerprint density at radius 1 is 1.17 bits per heavy atom. The molecule has 0 saturated carbocycles. The van der Waals surface area contributed by atoms with E-state index in [9.17, 15) is 22.4 Å². The first-order chi connectivity index (χ1) is 14.3. The van der Waals surface area contributed by atoms with Crippen LogP contribution >= 0.6 is 0 Å². The van der Waals surface area contributed by atoms with Gasteiger partial charge in [-0.05, 0) is 36.6 Å².